The Bertz CT molecular complexity index is 419. The predicted octanol–water partition coefficient (Wildman–Crippen LogP) is 0.903. The number of terminal acetylenes is 1. The zero-order chi connectivity index (χ0) is 11.8. The van der Waals surface area contributed by atoms with Crippen LogP contribution in [0.5, 0.6) is 0 Å². The van der Waals surface area contributed by atoms with E-state index in [4.69, 9.17) is 18.6 Å². The first-order valence-electron chi connectivity index (χ1n) is 4.67. The number of rotatable bonds is 3. The van der Waals surface area contributed by atoms with Crippen molar-refractivity contribution in [1.82, 2.24) is 15.7 Å². The van der Waals surface area contributed by atoms with Crippen molar-refractivity contribution < 1.29 is 0 Å². The van der Waals surface area contributed by atoms with Gasteiger partial charge in [-0.2, -0.15) is 5.10 Å². The molecule has 0 saturated carbocycles. The van der Waals surface area contributed by atoms with E-state index in [1.54, 1.807) is 6.20 Å². The minimum atomic E-state index is 0.379. The van der Waals surface area contributed by atoms with Crippen LogP contribution in [0.2, 0.25) is 0 Å². The molecule has 1 rings (SSSR count). The lowest BCUT2D eigenvalue weighted by Crippen LogP contribution is -2.32. The summed E-state index contributed by atoms with van der Waals surface area (Å²) in [5.41, 5.74) is 4.24. The number of hydrazone groups is 1. The molecule has 0 aromatic carbocycles. The number of aromatic nitrogens is 1. The van der Waals surface area contributed by atoms with Crippen molar-refractivity contribution in [3.05, 3.63) is 30.1 Å². The second kappa shape index (κ2) is 6.53. The first-order valence-corrected chi connectivity index (χ1v) is 5.08. The predicted molar refractivity (Wildman–Crippen MR) is 69.0 cm³/mol. The van der Waals surface area contributed by atoms with Crippen LogP contribution in [-0.2, 0) is 0 Å². The van der Waals surface area contributed by atoms with Crippen LogP contribution in [0.1, 0.15) is 12.6 Å². The Balaban J connectivity index is 2.52. The van der Waals surface area contributed by atoms with Crippen molar-refractivity contribution in [1.29, 1.82) is 0 Å². The summed E-state index contributed by atoms with van der Waals surface area (Å²) in [5, 5.41) is 7.27. The molecule has 82 valence electrons. The highest BCUT2D eigenvalue weighted by Crippen LogP contribution is 1.94. The van der Waals surface area contributed by atoms with Gasteiger partial charge < -0.3 is 5.32 Å². The zero-order valence-electron chi connectivity index (χ0n) is 8.90. The molecule has 1 aromatic heterocycles. The van der Waals surface area contributed by atoms with E-state index in [0.29, 0.717) is 11.7 Å². The molecule has 2 N–H and O–H groups in total. The lowest BCUT2D eigenvalue weighted by Gasteiger charge is -2.04. The van der Waals surface area contributed by atoms with Gasteiger partial charge in [0, 0.05) is 6.20 Å². The molecule has 1 aromatic rings. The van der Waals surface area contributed by atoms with Crippen LogP contribution in [0.4, 0.5) is 0 Å². The topological polar surface area (TPSA) is 49.3 Å². The Morgan fingerprint density at radius 3 is 3.06 bits per heavy atom. The molecule has 16 heavy (non-hydrogen) atoms. The van der Waals surface area contributed by atoms with Crippen molar-refractivity contribution >= 4 is 23.0 Å². The minimum Gasteiger partial charge on any atom is -0.350 e. The molecule has 0 aliphatic rings. The Labute approximate surface area is 100 Å². The van der Waals surface area contributed by atoms with Crippen LogP contribution >= 0.6 is 12.2 Å². The van der Waals surface area contributed by atoms with Gasteiger partial charge >= 0.3 is 0 Å². The molecule has 0 amide bonds. The number of pyridine rings is 1. The van der Waals surface area contributed by atoms with E-state index in [-0.39, 0.29) is 0 Å². The molecule has 0 radical (unpaired) electrons. The van der Waals surface area contributed by atoms with Gasteiger partial charge in [0.25, 0.3) is 0 Å². The fourth-order valence-electron chi connectivity index (χ4n) is 0.940. The minimum absolute atomic E-state index is 0.379. The van der Waals surface area contributed by atoms with Crippen molar-refractivity contribution in [2.45, 2.75) is 6.92 Å². The molecule has 0 bridgehead atoms. The van der Waals surface area contributed by atoms with Crippen LogP contribution < -0.4 is 10.7 Å². The molecule has 0 spiro atoms. The maximum absolute atomic E-state index is 5.08. The van der Waals surface area contributed by atoms with E-state index in [0.717, 1.165) is 11.4 Å². The molecule has 5 heteroatoms. The third-order valence-corrected chi connectivity index (χ3v) is 1.95. The van der Waals surface area contributed by atoms with Gasteiger partial charge in [-0.25, -0.2) is 0 Å². The van der Waals surface area contributed by atoms with E-state index >= 15 is 0 Å². The standard InChI is InChI=1S/C11H12N4S/c1-3-7-13-11(16)15-14-9(2)10-6-4-5-8-12-10/h1,4-6,8H,7H2,2H3,(H2,13,15,16)/b14-9-. The average molecular weight is 232 g/mol. The maximum atomic E-state index is 5.08. The number of nitrogens with zero attached hydrogens (tertiary/aromatic N) is 2. The Morgan fingerprint density at radius 1 is 1.62 bits per heavy atom. The zero-order valence-corrected chi connectivity index (χ0v) is 9.71. The van der Waals surface area contributed by atoms with Gasteiger partial charge in [0.05, 0.1) is 18.0 Å². The fourth-order valence-corrected chi connectivity index (χ4v) is 1.06. The summed E-state index contributed by atoms with van der Waals surface area (Å²) in [4.78, 5) is 4.15. The monoisotopic (exact) mass is 232 g/mol. The first kappa shape index (κ1) is 12.1. The summed E-state index contributed by atoms with van der Waals surface area (Å²) in [5.74, 6) is 2.42. The summed E-state index contributed by atoms with van der Waals surface area (Å²) < 4.78 is 0. The number of nitrogens with one attached hydrogen (secondary N) is 2. The molecule has 0 saturated heterocycles. The summed E-state index contributed by atoms with van der Waals surface area (Å²) >= 11 is 4.94. The second-order valence-corrected chi connectivity index (χ2v) is 3.32. The summed E-state index contributed by atoms with van der Waals surface area (Å²) in [7, 11) is 0. The lowest BCUT2D eigenvalue weighted by atomic mass is 10.3. The van der Waals surface area contributed by atoms with Crippen molar-refractivity contribution in [2.75, 3.05) is 6.54 Å². The molecule has 0 aliphatic carbocycles. The molecule has 0 fully saturated rings. The van der Waals surface area contributed by atoms with Gasteiger partial charge in [0.15, 0.2) is 5.11 Å². The highest BCUT2D eigenvalue weighted by Gasteiger charge is 1.97. The molecule has 0 atom stereocenters. The van der Waals surface area contributed by atoms with Crippen LogP contribution in [0, 0.1) is 12.3 Å². The third-order valence-electron chi connectivity index (χ3n) is 1.71. The summed E-state index contributed by atoms with van der Waals surface area (Å²) in [6.07, 6.45) is 6.79. The van der Waals surface area contributed by atoms with Gasteiger partial charge in [0.1, 0.15) is 0 Å². The quantitative estimate of drug-likeness (QED) is 0.352. The van der Waals surface area contributed by atoms with E-state index in [1.807, 2.05) is 25.1 Å². The van der Waals surface area contributed by atoms with E-state index in [1.165, 1.54) is 0 Å². The maximum Gasteiger partial charge on any atom is 0.187 e. The normalized spacial score (nSPS) is 10.4. The van der Waals surface area contributed by atoms with Gasteiger partial charge in [-0.15, -0.1) is 6.42 Å². The molecule has 1 heterocycles. The van der Waals surface area contributed by atoms with Gasteiger partial charge in [-0.05, 0) is 31.3 Å². The van der Waals surface area contributed by atoms with Gasteiger partial charge in [0.2, 0.25) is 0 Å². The van der Waals surface area contributed by atoms with Crippen LogP contribution in [0.15, 0.2) is 29.5 Å². The van der Waals surface area contributed by atoms with Crippen LogP contribution in [0.3, 0.4) is 0 Å². The van der Waals surface area contributed by atoms with E-state index in [2.05, 4.69) is 26.7 Å². The molecule has 4 nitrogen and oxygen atoms in total. The molecule has 0 aliphatic heterocycles. The van der Waals surface area contributed by atoms with Crippen LogP contribution in [0.25, 0.3) is 0 Å². The van der Waals surface area contributed by atoms with Crippen molar-refractivity contribution in [3.8, 4) is 12.3 Å². The van der Waals surface area contributed by atoms with Gasteiger partial charge in [-0.3, -0.25) is 10.4 Å². The Hall–Kier alpha value is -1.93. The number of thiocarbonyl (C=S) groups is 1. The summed E-state index contributed by atoms with van der Waals surface area (Å²) in [6, 6.07) is 5.62. The fraction of sp³-hybridized carbons (Fsp3) is 0.182. The largest absolute Gasteiger partial charge is 0.350 e. The molecular weight excluding hydrogens is 220 g/mol. The number of hydrogen-bond acceptors (Lipinski definition) is 3. The lowest BCUT2D eigenvalue weighted by molar-refractivity contribution is 0.943. The average Bonchev–Trinajstić information content (AvgIpc) is 2.34. The van der Waals surface area contributed by atoms with Crippen LogP contribution in [-0.4, -0.2) is 22.4 Å². The first-order chi connectivity index (χ1) is 7.74. The van der Waals surface area contributed by atoms with Crippen molar-refractivity contribution in [2.24, 2.45) is 5.10 Å². The third kappa shape index (κ3) is 4.07. The van der Waals surface area contributed by atoms with E-state index < -0.39 is 0 Å². The second-order valence-electron chi connectivity index (χ2n) is 2.91. The van der Waals surface area contributed by atoms with Gasteiger partial charge in [-0.1, -0.05) is 12.0 Å². The van der Waals surface area contributed by atoms with Crippen molar-refractivity contribution in [3.63, 3.8) is 0 Å². The Kier molecular flexibility index (Phi) is 4.96. The summed E-state index contributed by atoms with van der Waals surface area (Å²) in [6.45, 7) is 2.23. The smallest absolute Gasteiger partial charge is 0.187 e. The molecular formula is C11H12N4S. The SMILES string of the molecule is C#CCNC(=S)N/N=C(/C)c1ccccn1. The highest BCUT2D eigenvalue weighted by molar-refractivity contribution is 7.80. The Morgan fingerprint density at radius 2 is 2.44 bits per heavy atom. The number of hydrogen-bond donors (Lipinski definition) is 2. The molecule has 0 unspecified atom stereocenters. The highest BCUT2D eigenvalue weighted by atomic mass is 32.1. The van der Waals surface area contributed by atoms with E-state index in [9.17, 15) is 0 Å².